The highest BCUT2D eigenvalue weighted by Gasteiger charge is 2.52. The maximum Gasteiger partial charge on any atom is 0.352 e. The van der Waals surface area contributed by atoms with Crippen molar-refractivity contribution in [1.29, 1.82) is 0 Å². The summed E-state index contributed by atoms with van der Waals surface area (Å²) in [5.41, 5.74) is 6.25. The number of aliphatic carboxylic acids is 1. The summed E-state index contributed by atoms with van der Waals surface area (Å²) < 4.78 is 0. The van der Waals surface area contributed by atoms with Gasteiger partial charge in [0.05, 0.1) is 5.25 Å². The van der Waals surface area contributed by atoms with E-state index in [2.05, 4.69) is 22.8 Å². The first-order valence-corrected chi connectivity index (χ1v) is 8.44. The second-order valence-corrected chi connectivity index (χ2v) is 7.51. The Labute approximate surface area is 134 Å². The van der Waals surface area contributed by atoms with Gasteiger partial charge in [-0.1, -0.05) is 0 Å². The molecule has 3 rings (SSSR count). The first kappa shape index (κ1) is 14.8. The molecule has 3 heterocycles. The van der Waals surface area contributed by atoms with E-state index < -0.39 is 17.3 Å². The van der Waals surface area contributed by atoms with Crippen LogP contribution in [0.3, 0.4) is 0 Å². The number of aromatic nitrogens is 2. The van der Waals surface area contributed by atoms with Crippen molar-refractivity contribution >= 4 is 47.6 Å². The summed E-state index contributed by atoms with van der Waals surface area (Å²) in [4.78, 5) is 24.7. The van der Waals surface area contributed by atoms with E-state index in [9.17, 15) is 14.7 Å². The molecule has 10 heteroatoms. The fourth-order valence-electron chi connectivity index (χ4n) is 2.32. The van der Waals surface area contributed by atoms with E-state index in [1.807, 2.05) is 6.92 Å². The van der Waals surface area contributed by atoms with Crippen LogP contribution < -0.4 is 5.73 Å². The summed E-state index contributed by atoms with van der Waals surface area (Å²) in [6.45, 7) is 1.82. The molecule has 2 aliphatic rings. The molecule has 112 valence electrons. The van der Waals surface area contributed by atoms with Crippen molar-refractivity contribution in [2.24, 2.45) is 5.73 Å². The molecule has 0 radical (unpaired) electrons. The normalized spacial score (nSPS) is 26.4. The molecule has 2 aliphatic heterocycles. The second-order valence-electron chi connectivity index (χ2n) is 4.68. The zero-order chi connectivity index (χ0) is 15.3. The fourth-order valence-corrected chi connectivity index (χ4v) is 4.92. The Balaban J connectivity index is 2.02. The topological polar surface area (TPSA) is 109 Å². The van der Waals surface area contributed by atoms with Crippen molar-refractivity contribution in [3.05, 3.63) is 21.3 Å². The third-order valence-corrected chi connectivity index (χ3v) is 6.30. The van der Waals surface area contributed by atoms with E-state index in [4.69, 9.17) is 5.73 Å². The molecule has 2 unspecified atom stereocenters. The van der Waals surface area contributed by atoms with Crippen molar-refractivity contribution in [1.82, 2.24) is 15.1 Å². The summed E-state index contributed by atoms with van der Waals surface area (Å²) in [6.07, 6.45) is 0. The first-order valence-electron chi connectivity index (χ1n) is 6.06. The van der Waals surface area contributed by atoms with E-state index >= 15 is 0 Å². The van der Waals surface area contributed by atoms with Crippen molar-refractivity contribution in [3.8, 4) is 0 Å². The Kier molecular flexibility index (Phi) is 3.72. The largest absolute Gasteiger partial charge is 0.477 e. The van der Waals surface area contributed by atoms with Gasteiger partial charge in [-0.2, -0.15) is 12.6 Å². The van der Waals surface area contributed by atoms with Crippen LogP contribution >= 0.6 is 35.7 Å². The number of hydrogen-bond donors (Lipinski definition) is 3. The molecular weight excluding hydrogens is 332 g/mol. The minimum atomic E-state index is -1.14. The third kappa shape index (κ3) is 2.26. The molecule has 21 heavy (non-hydrogen) atoms. The van der Waals surface area contributed by atoms with Crippen LogP contribution in [0.15, 0.2) is 11.3 Å². The second kappa shape index (κ2) is 5.27. The Morgan fingerprint density at radius 3 is 2.86 bits per heavy atom. The number of carboxylic acids is 1. The molecule has 1 aromatic rings. The molecule has 1 amide bonds. The molecule has 1 fully saturated rings. The number of nitrogens with two attached hydrogens (primary N) is 1. The van der Waals surface area contributed by atoms with Crippen molar-refractivity contribution < 1.29 is 14.7 Å². The number of hydrogen-bond acceptors (Lipinski definition) is 8. The lowest BCUT2D eigenvalue weighted by molar-refractivity contribution is -0.148. The van der Waals surface area contributed by atoms with Gasteiger partial charge in [-0.3, -0.25) is 9.69 Å². The summed E-state index contributed by atoms with van der Waals surface area (Å²) in [7, 11) is 0. The predicted molar refractivity (Wildman–Crippen MR) is 82.1 cm³/mol. The van der Waals surface area contributed by atoms with Crippen LogP contribution in [-0.4, -0.2) is 49.2 Å². The number of nitrogens with zero attached hydrogens (tertiary/aromatic N) is 3. The van der Waals surface area contributed by atoms with E-state index in [0.29, 0.717) is 16.3 Å². The molecule has 3 N–H and O–H groups in total. The van der Waals surface area contributed by atoms with Gasteiger partial charge in [0.25, 0.3) is 0 Å². The molecular formula is C11H12N4O3S3. The van der Waals surface area contributed by atoms with Crippen LogP contribution in [0.2, 0.25) is 0 Å². The molecule has 0 aromatic carbocycles. The summed E-state index contributed by atoms with van der Waals surface area (Å²) >= 11 is 7.29. The van der Waals surface area contributed by atoms with Gasteiger partial charge >= 0.3 is 5.97 Å². The van der Waals surface area contributed by atoms with Crippen LogP contribution in [-0.2, 0) is 9.59 Å². The molecule has 0 saturated carbocycles. The van der Waals surface area contributed by atoms with Crippen LogP contribution in [0.1, 0.15) is 15.3 Å². The summed E-state index contributed by atoms with van der Waals surface area (Å²) in [5, 5.41) is 18.0. The SMILES string of the molecule is Cc1nnc(C(S)C2=C(C(=O)O)N3C(=O)C(N)[C@H]3SC2)s1. The lowest BCUT2D eigenvalue weighted by Crippen LogP contribution is -2.68. The van der Waals surface area contributed by atoms with Crippen LogP contribution in [0, 0.1) is 6.92 Å². The minimum Gasteiger partial charge on any atom is -0.477 e. The monoisotopic (exact) mass is 344 g/mol. The zero-order valence-corrected chi connectivity index (χ0v) is 13.4. The number of rotatable bonds is 3. The Hall–Kier alpha value is -1.10. The number of carboxylic acid groups (broad SMARTS) is 1. The molecule has 0 bridgehead atoms. The quantitative estimate of drug-likeness (QED) is 0.538. The maximum atomic E-state index is 11.9. The maximum absolute atomic E-state index is 11.9. The number of thiol groups is 1. The number of carbonyl (C=O) groups excluding carboxylic acids is 1. The van der Waals surface area contributed by atoms with Crippen molar-refractivity contribution in [2.75, 3.05) is 5.75 Å². The molecule has 1 saturated heterocycles. The molecule has 0 aliphatic carbocycles. The van der Waals surface area contributed by atoms with Gasteiger partial charge in [-0.25, -0.2) is 4.79 Å². The summed E-state index contributed by atoms with van der Waals surface area (Å²) in [5.74, 6) is -1.05. The van der Waals surface area contributed by atoms with Crippen molar-refractivity contribution in [2.45, 2.75) is 23.6 Å². The number of carbonyl (C=O) groups is 2. The number of β-lactam (4-membered cyclic amide) rings is 1. The number of thioether (sulfide) groups is 1. The van der Waals surface area contributed by atoms with E-state index in [1.165, 1.54) is 28.0 Å². The molecule has 7 nitrogen and oxygen atoms in total. The lowest BCUT2D eigenvalue weighted by Gasteiger charge is -2.48. The lowest BCUT2D eigenvalue weighted by atomic mass is 10.0. The third-order valence-electron chi connectivity index (χ3n) is 3.35. The first-order chi connectivity index (χ1) is 9.91. The molecule has 1 aromatic heterocycles. The Morgan fingerprint density at radius 2 is 2.29 bits per heavy atom. The highest BCUT2D eigenvalue weighted by molar-refractivity contribution is 8.00. The van der Waals surface area contributed by atoms with E-state index in [1.54, 1.807) is 0 Å². The minimum absolute atomic E-state index is 0.0155. The van der Waals surface area contributed by atoms with Gasteiger partial charge in [0.1, 0.15) is 27.1 Å². The van der Waals surface area contributed by atoms with Gasteiger partial charge in [-0.05, 0) is 12.5 Å². The number of fused-ring (bicyclic) bond motifs is 1. The van der Waals surface area contributed by atoms with Gasteiger partial charge < -0.3 is 10.8 Å². The zero-order valence-electron chi connectivity index (χ0n) is 10.9. The van der Waals surface area contributed by atoms with Gasteiger partial charge in [0.2, 0.25) is 5.91 Å². The average Bonchev–Trinajstić information content (AvgIpc) is 2.90. The number of aryl methyl sites for hydroxylation is 1. The van der Waals surface area contributed by atoms with Gasteiger partial charge in [0, 0.05) is 5.75 Å². The van der Waals surface area contributed by atoms with E-state index in [0.717, 1.165) is 5.01 Å². The highest BCUT2D eigenvalue weighted by atomic mass is 32.2. The van der Waals surface area contributed by atoms with Gasteiger partial charge in [-0.15, -0.1) is 33.3 Å². The van der Waals surface area contributed by atoms with Crippen LogP contribution in [0.5, 0.6) is 0 Å². The average molecular weight is 344 g/mol. The predicted octanol–water partition coefficient (Wildman–Crippen LogP) is 0.399. The molecule has 3 atom stereocenters. The number of amides is 1. The standard InChI is InChI=1S/C11H12N4O3S3/c1-3-13-14-8(21-3)7(19)4-2-20-10-5(12)9(16)15(10)6(4)11(17)18/h5,7,10,19H,2,12H2,1H3,(H,17,18)/t5?,7?,10-/m1/s1. The van der Waals surface area contributed by atoms with E-state index in [-0.39, 0.29) is 17.0 Å². The fraction of sp³-hybridized carbons (Fsp3) is 0.455. The Morgan fingerprint density at radius 1 is 1.57 bits per heavy atom. The van der Waals surface area contributed by atoms with Crippen LogP contribution in [0.4, 0.5) is 0 Å². The highest BCUT2D eigenvalue weighted by Crippen LogP contribution is 2.44. The summed E-state index contributed by atoms with van der Waals surface area (Å²) in [6, 6.07) is -0.631. The smallest absolute Gasteiger partial charge is 0.352 e. The van der Waals surface area contributed by atoms with Crippen molar-refractivity contribution in [3.63, 3.8) is 0 Å². The Bertz CT molecular complexity index is 659. The van der Waals surface area contributed by atoms with Crippen LogP contribution in [0.25, 0.3) is 0 Å². The van der Waals surface area contributed by atoms with Gasteiger partial charge in [0.15, 0.2) is 0 Å². The molecule has 0 spiro atoms.